The number of hydrogen-bond acceptors (Lipinski definition) is 10. The molecule has 0 radical (unpaired) electrons. The molecule has 0 atom stereocenters. The summed E-state index contributed by atoms with van der Waals surface area (Å²) in [5.41, 5.74) is 0.360. The van der Waals surface area contributed by atoms with Gasteiger partial charge in [-0.2, -0.15) is 16.8 Å². The Labute approximate surface area is 247 Å². The van der Waals surface area contributed by atoms with E-state index in [1.807, 2.05) is 0 Å². The lowest BCUT2D eigenvalue weighted by Crippen LogP contribution is -2.04. The minimum Gasteiger partial charge on any atom is -0.340 e. The Kier molecular flexibility index (Phi) is 8.82. The molecule has 40 heavy (non-hydrogen) atoms. The van der Waals surface area contributed by atoms with Gasteiger partial charge in [0.1, 0.15) is 31.1 Å². The lowest BCUT2D eigenvalue weighted by molar-refractivity contribution is 0.480. The molecule has 4 N–H and O–H groups in total. The number of rotatable bonds is 8. The van der Waals surface area contributed by atoms with Crippen LogP contribution in [0.5, 0.6) is 0 Å². The summed E-state index contributed by atoms with van der Waals surface area (Å²) in [6.45, 7) is 0. The first-order valence-electron chi connectivity index (χ1n) is 10.5. The van der Waals surface area contributed by atoms with Crippen molar-refractivity contribution in [1.29, 1.82) is 0 Å². The Morgan fingerprint density at radius 3 is 1.57 bits per heavy atom. The number of benzene rings is 2. The fraction of sp³-hybridized carbons (Fsp3) is 0. The van der Waals surface area contributed by atoms with E-state index in [0.29, 0.717) is 0 Å². The standard InChI is InChI=1S/C22H14Cl4N6O6S2/c23-17-9-18(24)31-22(30-17)28-14-6-4-12(16(8-14)40(36,37)38)2-1-11-3-5-13(7-15(11)39(33,34)35)27-20-10-19(25)29-21(26)32-20/h1-10H,(H,27,29,32)(H,28,30,31)(H,33,34,35)(H,36,37,38)/b2-1+. The summed E-state index contributed by atoms with van der Waals surface area (Å²) < 4.78 is 68.1. The van der Waals surface area contributed by atoms with E-state index in [2.05, 4.69) is 30.6 Å². The first-order chi connectivity index (χ1) is 18.7. The highest BCUT2D eigenvalue weighted by Gasteiger charge is 2.18. The van der Waals surface area contributed by atoms with Gasteiger partial charge in [0.15, 0.2) is 0 Å². The molecule has 0 fully saturated rings. The molecule has 208 valence electrons. The Bertz CT molecular complexity index is 1700. The first-order valence-corrected chi connectivity index (χ1v) is 14.9. The number of halogens is 4. The summed E-state index contributed by atoms with van der Waals surface area (Å²) in [5.74, 6) is 0.131. The summed E-state index contributed by atoms with van der Waals surface area (Å²) in [5, 5.41) is 5.49. The lowest BCUT2D eigenvalue weighted by atomic mass is 10.1. The highest BCUT2D eigenvalue weighted by atomic mass is 35.5. The summed E-state index contributed by atoms with van der Waals surface area (Å²) in [7, 11) is -9.50. The zero-order chi connectivity index (χ0) is 29.2. The van der Waals surface area contributed by atoms with Crippen LogP contribution in [0.15, 0.2) is 58.3 Å². The van der Waals surface area contributed by atoms with Gasteiger partial charge in [-0.05, 0) is 47.0 Å². The van der Waals surface area contributed by atoms with E-state index in [1.165, 1.54) is 48.6 Å². The fourth-order valence-electron chi connectivity index (χ4n) is 3.30. The molecule has 0 bridgehead atoms. The molecule has 18 heteroatoms. The lowest BCUT2D eigenvalue weighted by Gasteiger charge is -2.11. The third kappa shape index (κ3) is 7.77. The molecule has 0 spiro atoms. The third-order valence-electron chi connectivity index (χ3n) is 4.89. The molecule has 0 aliphatic carbocycles. The van der Waals surface area contributed by atoms with Crippen LogP contribution in [0.2, 0.25) is 20.7 Å². The summed E-state index contributed by atoms with van der Waals surface area (Å²) in [4.78, 5) is 14.4. The molecule has 0 aliphatic heterocycles. The van der Waals surface area contributed by atoms with Crippen molar-refractivity contribution in [1.82, 2.24) is 19.9 Å². The Hall–Kier alpha value is -3.08. The molecule has 2 aromatic heterocycles. The van der Waals surface area contributed by atoms with Crippen molar-refractivity contribution >= 4 is 102 Å². The number of hydrogen-bond donors (Lipinski definition) is 4. The number of anilines is 4. The second kappa shape index (κ2) is 11.8. The number of nitrogens with one attached hydrogen (secondary N) is 2. The maximum absolute atomic E-state index is 12.1. The fourth-order valence-corrected chi connectivity index (χ4v) is 5.55. The van der Waals surface area contributed by atoms with Crippen LogP contribution < -0.4 is 10.6 Å². The Morgan fingerprint density at radius 2 is 1.10 bits per heavy atom. The summed E-state index contributed by atoms with van der Waals surface area (Å²) >= 11 is 23.3. The molecule has 0 saturated heterocycles. The van der Waals surface area contributed by atoms with Crippen LogP contribution in [0.1, 0.15) is 11.1 Å². The highest BCUT2D eigenvalue weighted by Crippen LogP contribution is 2.28. The Morgan fingerprint density at radius 1 is 0.625 bits per heavy atom. The van der Waals surface area contributed by atoms with Crippen molar-refractivity contribution < 1.29 is 25.9 Å². The van der Waals surface area contributed by atoms with Crippen molar-refractivity contribution in [2.75, 3.05) is 10.6 Å². The van der Waals surface area contributed by atoms with Crippen LogP contribution in [0.4, 0.5) is 23.1 Å². The van der Waals surface area contributed by atoms with Gasteiger partial charge in [0.25, 0.3) is 20.2 Å². The quantitative estimate of drug-likeness (QED) is 0.0743. The molecule has 12 nitrogen and oxygen atoms in total. The van der Waals surface area contributed by atoms with E-state index >= 15 is 0 Å². The van der Waals surface area contributed by atoms with Crippen LogP contribution in [-0.2, 0) is 20.2 Å². The molecular weight excluding hydrogens is 650 g/mol. The predicted molar refractivity (Wildman–Crippen MR) is 152 cm³/mol. The molecule has 0 unspecified atom stereocenters. The van der Waals surface area contributed by atoms with E-state index in [1.54, 1.807) is 0 Å². The monoisotopic (exact) mass is 662 g/mol. The highest BCUT2D eigenvalue weighted by molar-refractivity contribution is 7.86. The molecular formula is C22H14Cl4N6O6S2. The number of aromatic nitrogens is 4. The van der Waals surface area contributed by atoms with E-state index in [4.69, 9.17) is 46.4 Å². The smallest absolute Gasteiger partial charge is 0.295 e. The SMILES string of the molecule is O=S(=O)(O)c1cc(Nc2cc(Cl)nc(Cl)n2)ccc1/C=C/c1ccc(Nc2nc(Cl)cc(Cl)n2)cc1S(=O)(=O)O. The van der Waals surface area contributed by atoms with Gasteiger partial charge in [0, 0.05) is 23.5 Å². The van der Waals surface area contributed by atoms with Gasteiger partial charge < -0.3 is 10.6 Å². The minimum atomic E-state index is -4.75. The maximum Gasteiger partial charge on any atom is 0.295 e. The number of nitrogens with zero attached hydrogens (tertiary/aromatic N) is 4. The normalized spacial score (nSPS) is 12.1. The second-order valence-electron chi connectivity index (χ2n) is 7.72. The predicted octanol–water partition coefficient (Wildman–Crippen LogP) is 6.03. The van der Waals surface area contributed by atoms with Crippen molar-refractivity contribution in [2.45, 2.75) is 9.79 Å². The molecule has 2 aromatic carbocycles. The van der Waals surface area contributed by atoms with Crippen molar-refractivity contribution in [3.63, 3.8) is 0 Å². The molecule has 4 aromatic rings. The zero-order valence-electron chi connectivity index (χ0n) is 19.4. The Balaban J connectivity index is 1.69. The maximum atomic E-state index is 12.1. The van der Waals surface area contributed by atoms with Crippen molar-refractivity contribution in [2.24, 2.45) is 0 Å². The molecule has 2 heterocycles. The topological polar surface area (TPSA) is 184 Å². The van der Waals surface area contributed by atoms with Gasteiger partial charge in [-0.15, -0.1) is 0 Å². The summed E-state index contributed by atoms with van der Waals surface area (Å²) in [6.07, 6.45) is 2.48. The zero-order valence-corrected chi connectivity index (χ0v) is 24.1. The van der Waals surface area contributed by atoms with Gasteiger partial charge in [-0.25, -0.2) is 19.9 Å². The third-order valence-corrected chi connectivity index (χ3v) is 7.45. The van der Waals surface area contributed by atoms with Crippen LogP contribution in [0, 0.1) is 0 Å². The van der Waals surface area contributed by atoms with Crippen LogP contribution >= 0.6 is 46.4 Å². The molecule has 4 rings (SSSR count). The van der Waals surface area contributed by atoms with Crippen molar-refractivity contribution in [3.05, 3.63) is 80.4 Å². The van der Waals surface area contributed by atoms with E-state index < -0.39 is 30.0 Å². The van der Waals surface area contributed by atoms with E-state index in [-0.39, 0.29) is 55.0 Å². The second-order valence-corrected chi connectivity index (χ2v) is 12.0. The van der Waals surface area contributed by atoms with Crippen LogP contribution in [0.25, 0.3) is 12.2 Å². The van der Waals surface area contributed by atoms with Gasteiger partial charge >= 0.3 is 0 Å². The molecule has 0 aliphatic rings. The summed E-state index contributed by atoms with van der Waals surface area (Å²) in [6, 6.07) is 10.4. The minimum absolute atomic E-state index is 0.00254. The molecule has 0 saturated carbocycles. The largest absolute Gasteiger partial charge is 0.340 e. The average Bonchev–Trinajstić information content (AvgIpc) is 2.81. The average molecular weight is 664 g/mol. The van der Waals surface area contributed by atoms with Gasteiger partial charge in [-0.1, -0.05) is 59.1 Å². The molecule has 0 amide bonds. The van der Waals surface area contributed by atoms with Crippen LogP contribution in [-0.4, -0.2) is 45.9 Å². The van der Waals surface area contributed by atoms with E-state index in [0.717, 1.165) is 12.1 Å². The first kappa shape index (κ1) is 29.9. The van der Waals surface area contributed by atoms with Crippen molar-refractivity contribution in [3.8, 4) is 0 Å². The van der Waals surface area contributed by atoms with Crippen LogP contribution in [0.3, 0.4) is 0 Å². The van der Waals surface area contributed by atoms with Gasteiger partial charge in [0.2, 0.25) is 11.2 Å². The van der Waals surface area contributed by atoms with E-state index in [9.17, 15) is 25.9 Å². The van der Waals surface area contributed by atoms with Gasteiger partial charge in [-0.3, -0.25) is 9.11 Å². The van der Waals surface area contributed by atoms with Gasteiger partial charge in [0.05, 0.1) is 0 Å².